The number of rotatable bonds is 2. The molecule has 0 amide bonds. The predicted molar refractivity (Wildman–Crippen MR) is 55.1 cm³/mol. The van der Waals surface area contributed by atoms with Gasteiger partial charge in [-0.25, -0.2) is 0 Å². The van der Waals surface area contributed by atoms with E-state index in [1.54, 1.807) is 0 Å². The second kappa shape index (κ2) is 3.67. The maximum Gasteiger partial charge on any atom is 0.0610 e. The van der Waals surface area contributed by atoms with Crippen LogP contribution >= 0.6 is 0 Å². The lowest BCUT2D eigenvalue weighted by atomic mass is 9.91. The first-order chi connectivity index (χ1) is 6.73. The third kappa shape index (κ3) is 1.79. The molecule has 1 aromatic rings. The van der Waals surface area contributed by atoms with Crippen molar-refractivity contribution in [2.24, 2.45) is 0 Å². The minimum absolute atomic E-state index is 0.103. The van der Waals surface area contributed by atoms with Gasteiger partial charge in [-0.15, -0.1) is 0 Å². The number of hydrogen-bond donors (Lipinski definition) is 2. The van der Waals surface area contributed by atoms with Gasteiger partial charge in [-0.3, -0.25) is 4.98 Å². The quantitative estimate of drug-likeness (QED) is 0.732. The number of nitrogens with zero attached hydrogens (tertiary/aromatic N) is 1. The van der Waals surface area contributed by atoms with Crippen LogP contribution in [0.25, 0.3) is 0 Å². The largest absolute Gasteiger partial charge is 0.394 e. The molecule has 1 saturated heterocycles. The molecule has 1 aliphatic rings. The van der Waals surface area contributed by atoms with E-state index >= 15 is 0 Å². The molecular weight excluding hydrogens is 176 g/mol. The molecule has 3 heteroatoms. The van der Waals surface area contributed by atoms with E-state index in [9.17, 15) is 5.11 Å². The summed E-state index contributed by atoms with van der Waals surface area (Å²) in [5, 5.41) is 12.6. The molecule has 2 heterocycles. The zero-order valence-corrected chi connectivity index (χ0v) is 8.40. The van der Waals surface area contributed by atoms with Crippen LogP contribution in [0, 0.1) is 0 Å². The Kier molecular flexibility index (Phi) is 2.52. The van der Waals surface area contributed by atoms with Crippen molar-refractivity contribution >= 4 is 0 Å². The van der Waals surface area contributed by atoms with Crippen LogP contribution in [0.1, 0.15) is 24.8 Å². The number of aliphatic hydroxyl groups excluding tert-OH is 1. The van der Waals surface area contributed by atoms with Crippen LogP contribution in [0.3, 0.4) is 0 Å². The summed E-state index contributed by atoms with van der Waals surface area (Å²) >= 11 is 0. The first-order valence-corrected chi connectivity index (χ1v) is 4.99. The van der Waals surface area contributed by atoms with Crippen LogP contribution in [0.2, 0.25) is 0 Å². The van der Waals surface area contributed by atoms with Crippen molar-refractivity contribution in [1.29, 1.82) is 0 Å². The van der Waals surface area contributed by atoms with Gasteiger partial charge in [-0.05, 0) is 37.0 Å². The van der Waals surface area contributed by atoms with Gasteiger partial charge in [-0.2, -0.15) is 0 Å². The van der Waals surface area contributed by atoms with Crippen molar-refractivity contribution in [2.75, 3.05) is 13.2 Å². The highest BCUT2D eigenvalue weighted by molar-refractivity contribution is 5.19. The molecule has 2 atom stereocenters. The van der Waals surface area contributed by atoms with Crippen molar-refractivity contribution in [1.82, 2.24) is 10.3 Å². The van der Waals surface area contributed by atoms with Gasteiger partial charge in [0, 0.05) is 24.5 Å². The maximum absolute atomic E-state index is 9.22. The lowest BCUT2D eigenvalue weighted by Gasteiger charge is -2.20. The molecule has 2 unspecified atom stereocenters. The summed E-state index contributed by atoms with van der Waals surface area (Å²) in [6.07, 6.45) is 4.64. The molecule has 14 heavy (non-hydrogen) atoms. The fraction of sp³-hybridized carbons (Fsp3) is 0.545. The normalized spacial score (nSPS) is 32.0. The average molecular weight is 192 g/mol. The molecule has 76 valence electrons. The van der Waals surface area contributed by atoms with E-state index in [0.29, 0.717) is 5.92 Å². The third-order valence-electron chi connectivity index (χ3n) is 3.00. The lowest BCUT2D eigenvalue weighted by molar-refractivity contribution is 0.191. The fourth-order valence-electron chi connectivity index (χ4n) is 2.05. The standard InChI is InChI=1S/C11H16N2O/c1-11(8-14)6-10(7-13-11)9-2-4-12-5-3-9/h2-5,10,13-14H,6-8H2,1H3. The van der Waals surface area contributed by atoms with Gasteiger partial charge in [0.25, 0.3) is 0 Å². The molecule has 2 rings (SSSR count). The molecule has 0 aliphatic carbocycles. The van der Waals surface area contributed by atoms with E-state index in [1.807, 2.05) is 12.4 Å². The predicted octanol–water partition coefficient (Wildman–Crippen LogP) is 0.909. The van der Waals surface area contributed by atoms with Gasteiger partial charge in [0.2, 0.25) is 0 Å². The van der Waals surface area contributed by atoms with Crippen LogP contribution in [0.4, 0.5) is 0 Å². The van der Waals surface area contributed by atoms with Crippen LogP contribution in [-0.2, 0) is 0 Å². The first-order valence-electron chi connectivity index (χ1n) is 4.99. The Morgan fingerprint density at radius 3 is 2.86 bits per heavy atom. The monoisotopic (exact) mass is 192 g/mol. The van der Waals surface area contributed by atoms with Gasteiger partial charge in [0.1, 0.15) is 0 Å². The maximum atomic E-state index is 9.22. The molecular formula is C11H16N2O. The van der Waals surface area contributed by atoms with Crippen molar-refractivity contribution in [3.63, 3.8) is 0 Å². The first kappa shape index (κ1) is 9.62. The molecule has 0 spiro atoms. The minimum Gasteiger partial charge on any atom is -0.394 e. The Balaban J connectivity index is 2.10. The van der Waals surface area contributed by atoms with Crippen LogP contribution in [0.5, 0.6) is 0 Å². The Morgan fingerprint density at radius 2 is 2.29 bits per heavy atom. The van der Waals surface area contributed by atoms with Gasteiger partial charge in [0.15, 0.2) is 0 Å². The van der Waals surface area contributed by atoms with Crippen LogP contribution in [-0.4, -0.2) is 28.8 Å². The SMILES string of the molecule is CC1(CO)CC(c2ccncc2)CN1. The summed E-state index contributed by atoms with van der Waals surface area (Å²) < 4.78 is 0. The number of hydrogen-bond acceptors (Lipinski definition) is 3. The molecule has 1 aliphatic heterocycles. The second-order valence-corrected chi connectivity index (χ2v) is 4.28. The van der Waals surface area contributed by atoms with E-state index in [-0.39, 0.29) is 12.1 Å². The highest BCUT2D eigenvalue weighted by Gasteiger charge is 2.34. The molecule has 3 nitrogen and oxygen atoms in total. The summed E-state index contributed by atoms with van der Waals surface area (Å²) in [6, 6.07) is 4.10. The summed E-state index contributed by atoms with van der Waals surface area (Å²) in [6.45, 7) is 3.21. The summed E-state index contributed by atoms with van der Waals surface area (Å²) in [7, 11) is 0. The lowest BCUT2D eigenvalue weighted by Crippen LogP contribution is -2.39. The topological polar surface area (TPSA) is 45.2 Å². The Morgan fingerprint density at radius 1 is 1.57 bits per heavy atom. The zero-order chi connectivity index (χ0) is 10.0. The molecule has 1 aromatic heterocycles. The van der Waals surface area contributed by atoms with Crippen molar-refractivity contribution in [3.8, 4) is 0 Å². The highest BCUT2D eigenvalue weighted by Crippen LogP contribution is 2.30. The summed E-state index contributed by atoms with van der Waals surface area (Å²) in [5.41, 5.74) is 1.21. The van der Waals surface area contributed by atoms with E-state index in [2.05, 4.69) is 29.4 Å². The minimum atomic E-state index is -0.103. The van der Waals surface area contributed by atoms with Crippen LogP contribution < -0.4 is 5.32 Å². The summed E-state index contributed by atoms with van der Waals surface area (Å²) in [5.74, 6) is 0.509. The molecule has 0 aromatic carbocycles. The Hall–Kier alpha value is -0.930. The van der Waals surface area contributed by atoms with Gasteiger partial charge >= 0.3 is 0 Å². The zero-order valence-electron chi connectivity index (χ0n) is 8.40. The Labute approximate surface area is 84.2 Å². The van der Waals surface area contributed by atoms with Gasteiger partial charge < -0.3 is 10.4 Å². The van der Waals surface area contributed by atoms with Gasteiger partial charge in [-0.1, -0.05) is 0 Å². The highest BCUT2D eigenvalue weighted by atomic mass is 16.3. The fourth-order valence-corrected chi connectivity index (χ4v) is 2.05. The third-order valence-corrected chi connectivity index (χ3v) is 3.00. The summed E-state index contributed by atoms with van der Waals surface area (Å²) in [4.78, 5) is 4.00. The second-order valence-electron chi connectivity index (χ2n) is 4.28. The molecule has 0 bridgehead atoms. The molecule has 0 radical (unpaired) electrons. The number of aliphatic hydroxyl groups is 1. The molecule has 0 saturated carbocycles. The number of nitrogens with one attached hydrogen (secondary N) is 1. The van der Waals surface area contributed by atoms with E-state index < -0.39 is 0 Å². The molecule has 2 N–H and O–H groups in total. The van der Waals surface area contributed by atoms with Crippen molar-refractivity contribution in [3.05, 3.63) is 30.1 Å². The average Bonchev–Trinajstić information content (AvgIpc) is 2.63. The van der Waals surface area contributed by atoms with E-state index in [4.69, 9.17) is 0 Å². The van der Waals surface area contributed by atoms with Crippen molar-refractivity contribution < 1.29 is 5.11 Å². The Bertz CT molecular complexity index is 301. The smallest absolute Gasteiger partial charge is 0.0610 e. The number of pyridine rings is 1. The van der Waals surface area contributed by atoms with Gasteiger partial charge in [0.05, 0.1) is 6.61 Å². The van der Waals surface area contributed by atoms with E-state index in [1.165, 1.54) is 5.56 Å². The van der Waals surface area contributed by atoms with E-state index in [0.717, 1.165) is 13.0 Å². The van der Waals surface area contributed by atoms with Crippen LogP contribution in [0.15, 0.2) is 24.5 Å². The number of aromatic nitrogens is 1. The van der Waals surface area contributed by atoms with Crippen molar-refractivity contribution in [2.45, 2.75) is 24.8 Å². The molecule has 1 fully saturated rings.